The lowest BCUT2D eigenvalue weighted by atomic mass is 9.79. The van der Waals surface area contributed by atoms with Crippen molar-refractivity contribution in [2.45, 2.75) is 156 Å². The molecule has 1 saturated carbocycles. The molecular weight excluding hydrogens is 356 g/mol. The molecule has 1 aliphatic rings. The fraction of sp³-hybridized carbons (Fsp3) is 0.963. The minimum absolute atomic E-state index is 0.0313. The predicted molar refractivity (Wildman–Crippen MR) is 126 cm³/mol. The first-order valence-electron chi connectivity index (χ1n) is 13.1. The summed E-state index contributed by atoms with van der Waals surface area (Å²) in [6.07, 6.45) is 24.6. The van der Waals surface area contributed by atoms with E-state index in [1.54, 1.807) is 0 Å². The molecular formula is C27H52O2. The summed E-state index contributed by atoms with van der Waals surface area (Å²) in [5.41, 5.74) is 0.0585. The molecule has 1 rings (SSSR count). The zero-order valence-corrected chi connectivity index (χ0v) is 20.4. The van der Waals surface area contributed by atoms with Gasteiger partial charge in [-0.2, -0.15) is 0 Å². The summed E-state index contributed by atoms with van der Waals surface area (Å²) in [5.74, 6) is 0.731. The van der Waals surface area contributed by atoms with Gasteiger partial charge in [-0.15, -0.1) is 0 Å². The van der Waals surface area contributed by atoms with Crippen molar-refractivity contribution in [3.05, 3.63) is 0 Å². The summed E-state index contributed by atoms with van der Waals surface area (Å²) >= 11 is 0. The van der Waals surface area contributed by atoms with Gasteiger partial charge in [-0.05, 0) is 43.4 Å². The number of ether oxygens (including phenoxy) is 1. The van der Waals surface area contributed by atoms with E-state index < -0.39 is 0 Å². The molecule has 1 atom stereocenters. The maximum atomic E-state index is 12.3. The van der Waals surface area contributed by atoms with Gasteiger partial charge in [0.15, 0.2) is 0 Å². The van der Waals surface area contributed by atoms with Crippen LogP contribution in [0, 0.1) is 11.3 Å². The maximum absolute atomic E-state index is 12.3. The van der Waals surface area contributed by atoms with E-state index >= 15 is 0 Å². The van der Waals surface area contributed by atoms with Crippen molar-refractivity contribution in [3.63, 3.8) is 0 Å². The Morgan fingerprint density at radius 2 is 1.38 bits per heavy atom. The van der Waals surface area contributed by atoms with Gasteiger partial charge < -0.3 is 4.74 Å². The molecule has 0 aromatic heterocycles. The van der Waals surface area contributed by atoms with E-state index in [1.807, 2.05) is 0 Å². The molecule has 1 unspecified atom stereocenters. The van der Waals surface area contributed by atoms with Crippen LogP contribution in [0.15, 0.2) is 0 Å². The van der Waals surface area contributed by atoms with Crippen LogP contribution in [-0.4, -0.2) is 12.1 Å². The highest BCUT2D eigenvalue weighted by atomic mass is 16.5. The van der Waals surface area contributed by atoms with Crippen LogP contribution >= 0.6 is 0 Å². The Kier molecular flexibility index (Phi) is 14.8. The molecule has 0 N–H and O–H groups in total. The Hall–Kier alpha value is -0.530. The van der Waals surface area contributed by atoms with Crippen LogP contribution < -0.4 is 0 Å². The summed E-state index contributed by atoms with van der Waals surface area (Å²) in [6.45, 7) is 9.14. The topological polar surface area (TPSA) is 26.3 Å². The Bertz CT molecular complexity index is 395. The molecule has 0 aromatic rings. The molecule has 1 aliphatic carbocycles. The summed E-state index contributed by atoms with van der Waals surface area (Å²) in [4.78, 5) is 12.3. The van der Waals surface area contributed by atoms with Gasteiger partial charge in [0.2, 0.25) is 0 Å². The van der Waals surface area contributed by atoms with Crippen LogP contribution in [-0.2, 0) is 9.53 Å². The van der Waals surface area contributed by atoms with E-state index in [-0.39, 0.29) is 17.5 Å². The standard InChI is InChI=1S/C27H52O2/c1-5-6-7-8-9-10-11-12-13-14-16-19-24(2)22-27(3,4)23-26(28)29-25-20-17-15-18-21-25/h24-25H,5-23H2,1-4H3. The van der Waals surface area contributed by atoms with Gasteiger partial charge in [-0.1, -0.05) is 111 Å². The lowest BCUT2D eigenvalue weighted by molar-refractivity contribution is -0.153. The molecule has 1 fully saturated rings. The largest absolute Gasteiger partial charge is 0.462 e. The average molecular weight is 409 g/mol. The number of carbonyl (C=O) groups excluding carboxylic acids is 1. The smallest absolute Gasteiger partial charge is 0.306 e. The second-order valence-electron chi connectivity index (χ2n) is 10.7. The third-order valence-corrected chi connectivity index (χ3v) is 6.67. The summed E-state index contributed by atoms with van der Waals surface area (Å²) < 4.78 is 5.74. The van der Waals surface area contributed by atoms with Crippen LogP contribution in [0.2, 0.25) is 0 Å². The summed E-state index contributed by atoms with van der Waals surface area (Å²) in [5, 5.41) is 0. The van der Waals surface area contributed by atoms with Crippen LogP contribution in [0.5, 0.6) is 0 Å². The van der Waals surface area contributed by atoms with Gasteiger partial charge in [0.25, 0.3) is 0 Å². The van der Waals surface area contributed by atoms with Crippen molar-refractivity contribution in [1.82, 2.24) is 0 Å². The number of carbonyl (C=O) groups is 1. The first-order chi connectivity index (χ1) is 13.9. The maximum Gasteiger partial charge on any atom is 0.306 e. The van der Waals surface area contributed by atoms with Gasteiger partial charge in [0, 0.05) is 0 Å². The van der Waals surface area contributed by atoms with Gasteiger partial charge in [0.05, 0.1) is 6.42 Å². The normalized spacial score (nSPS) is 16.7. The number of esters is 1. The molecule has 0 spiro atoms. The van der Waals surface area contributed by atoms with Crippen LogP contribution in [0.3, 0.4) is 0 Å². The number of hydrogen-bond acceptors (Lipinski definition) is 2. The lowest BCUT2D eigenvalue weighted by Crippen LogP contribution is -2.26. The average Bonchev–Trinajstić information content (AvgIpc) is 2.66. The third-order valence-electron chi connectivity index (χ3n) is 6.67. The van der Waals surface area contributed by atoms with E-state index in [0.29, 0.717) is 12.3 Å². The van der Waals surface area contributed by atoms with Crippen LogP contribution in [0.1, 0.15) is 150 Å². The molecule has 0 aromatic carbocycles. The molecule has 0 aliphatic heterocycles. The molecule has 29 heavy (non-hydrogen) atoms. The van der Waals surface area contributed by atoms with Crippen molar-refractivity contribution in [2.24, 2.45) is 11.3 Å². The quantitative estimate of drug-likeness (QED) is 0.177. The summed E-state index contributed by atoms with van der Waals surface area (Å²) in [6, 6.07) is 0. The van der Waals surface area contributed by atoms with Gasteiger partial charge >= 0.3 is 5.97 Å². The minimum atomic E-state index is 0.0313. The van der Waals surface area contributed by atoms with Gasteiger partial charge in [0.1, 0.15) is 6.10 Å². The van der Waals surface area contributed by atoms with Crippen molar-refractivity contribution in [1.29, 1.82) is 0 Å². The van der Waals surface area contributed by atoms with E-state index in [9.17, 15) is 4.79 Å². The second kappa shape index (κ2) is 16.2. The zero-order valence-electron chi connectivity index (χ0n) is 20.4. The monoisotopic (exact) mass is 408 g/mol. The second-order valence-corrected chi connectivity index (χ2v) is 10.7. The Morgan fingerprint density at radius 3 is 1.93 bits per heavy atom. The van der Waals surface area contributed by atoms with Crippen LogP contribution in [0.4, 0.5) is 0 Å². The van der Waals surface area contributed by atoms with E-state index in [1.165, 1.54) is 96.3 Å². The fourth-order valence-electron chi connectivity index (χ4n) is 5.08. The van der Waals surface area contributed by atoms with Gasteiger partial charge in [-0.3, -0.25) is 4.79 Å². The molecule has 0 radical (unpaired) electrons. The number of hydrogen-bond donors (Lipinski definition) is 0. The van der Waals surface area contributed by atoms with Crippen molar-refractivity contribution in [2.75, 3.05) is 0 Å². The van der Waals surface area contributed by atoms with Crippen molar-refractivity contribution >= 4 is 5.97 Å². The predicted octanol–water partition coefficient (Wildman–Crippen LogP) is 9.01. The SMILES string of the molecule is CCCCCCCCCCCCCC(C)CC(C)(C)CC(=O)OC1CCCCC1. The first-order valence-corrected chi connectivity index (χ1v) is 13.1. The van der Waals surface area contributed by atoms with E-state index in [2.05, 4.69) is 27.7 Å². The molecule has 2 heteroatoms. The Balaban J connectivity index is 2.01. The van der Waals surface area contributed by atoms with E-state index in [4.69, 9.17) is 4.74 Å². The van der Waals surface area contributed by atoms with Gasteiger partial charge in [-0.25, -0.2) is 0 Å². The molecule has 0 saturated heterocycles. The van der Waals surface area contributed by atoms with E-state index in [0.717, 1.165) is 19.3 Å². The number of unbranched alkanes of at least 4 members (excludes halogenated alkanes) is 10. The molecule has 0 amide bonds. The lowest BCUT2D eigenvalue weighted by Gasteiger charge is -2.29. The molecule has 172 valence electrons. The highest BCUT2D eigenvalue weighted by Crippen LogP contribution is 2.32. The molecule has 2 nitrogen and oxygen atoms in total. The zero-order chi connectivity index (χ0) is 21.4. The van der Waals surface area contributed by atoms with Crippen LogP contribution in [0.25, 0.3) is 0 Å². The summed E-state index contributed by atoms with van der Waals surface area (Å²) in [7, 11) is 0. The highest BCUT2D eigenvalue weighted by Gasteiger charge is 2.27. The first kappa shape index (κ1) is 26.5. The molecule has 0 bridgehead atoms. The van der Waals surface area contributed by atoms with Crippen molar-refractivity contribution < 1.29 is 9.53 Å². The Labute approximate surface area is 182 Å². The third kappa shape index (κ3) is 15.0. The molecule has 0 heterocycles. The fourth-order valence-corrected chi connectivity index (χ4v) is 5.08. The minimum Gasteiger partial charge on any atom is -0.462 e. The van der Waals surface area contributed by atoms with Crippen molar-refractivity contribution in [3.8, 4) is 0 Å². The Morgan fingerprint density at radius 1 is 0.862 bits per heavy atom. The highest BCUT2D eigenvalue weighted by molar-refractivity contribution is 5.70. The number of rotatable bonds is 17.